The third kappa shape index (κ3) is 3.66. The van der Waals surface area contributed by atoms with Crippen molar-refractivity contribution in [1.82, 2.24) is 4.90 Å². The number of likely N-dealkylation sites (tertiary alicyclic amines) is 1. The normalized spacial score (nSPS) is 27.4. The molecule has 0 spiro atoms. The van der Waals surface area contributed by atoms with E-state index in [2.05, 4.69) is 0 Å². The summed E-state index contributed by atoms with van der Waals surface area (Å²) in [5.41, 5.74) is 0.486. The average Bonchev–Trinajstić information content (AvgIpc) is 3.14. The molecule has 152 valence electrons. The number of rotatable bonds is 5. The number of carboxylic acids is 1. The Bertz CT molecular complexity index is 740. The van der Waals surface area contributed by atoms with Gasteiger partial charge in [-0.15, -0.1) is 0 Å². The van der Waals surface area contributed by atoms with Crippen LogP contribution in [0.25, 0.3) is 0 Å². The summed E-state index contributed by atoms with van der Waals surface area (Å²) < 4.78 is 19.3. The van der Waals surface area contributed by atoms with Crippen molar-refractivity contribution < 1.29 is 23.8 Å². The highest BCUT2D eigenvalue weighted by Crippen LogP contribution is 2.46. The molecular formula is C22H28FNO4. The van der Waals surface area contributed by atoms with Crippen molar-refractivity contribution in [3.05, 3.63) is 35.6 Å². The van der Waals surface area contributed by atoms with Crippen LogP contribution in [0, 0.1) is 23.1 Å². The Morgan fingerprint density at radius 2 is 1.96 bits per heavy atom. The number of hydrogen-bond acceptors (Lipinski definition) is 3. The Balaban J connectivity index is 1.38. The molecule has 1 unspecified atom stereocenters. The van der Waals surface area contributed by atoms with Crippen molar-refractivity contribution in [2.24, 2.45) is 17.3 Å². The molecule has 5 nitrogen and oxygen atoms in total. The summed E-state index contributed by atoms with van der Waals surface area (Å²) in [7, 11) is 0. The minimum absolute atomic E-state index is 0.184. The van der Waals surface area contributed by atoms with Gasteiger partial charge in [0.05, 0.1) is 17.4 Å². The van der Waals surface area contributed by atoms with Gasteiger partial charge in [0.2, 0.25) is 5.91 Å². The van der Waals surface area contributed by atoms with Gasteiger partial charge in [0, 0.05) is 19.7 Å². The van der Waals surface area contributed by atoms with Gasteiger partial charge in [-0.1, -0.05) is 18.6 Å². The number of ether oxygens (including phenoxy) is 1. The molecular weight excluding hydrogens is 361 g/mol. The molecule has 1 saturated carbocycles. The average molecular weight is 389 g/mol. The third-order valence-electron chi connectivity index (χ3n) is 6.94. The van der Waals surface area contributed by atoms with E-state index in [4.69, 9.17) is 4.74 Å². The number of carboxylic acid groups (broad SMARTS) is 1. The summed E-state index contributed by atoms with van der Waals surface area (Å²) in [5, 5.41) is 9.39. The van der Waals surface area contributed by atoms with Crippen LogP contribution >= 0.6 is 0 Å². The summed E-state index contributed by atoms with van der Waals surface area (Å²) in [6.07, 6.45) is 5.27. The number of amides is 1. The maximum Gasteiger partial charge on any atom is 0.309 e. The first-order valence-electron chi connectivity index (χ1n) is 10.4. The van der Waals surface area contributed by atoms with E-state index in [9.17, 15) is 19.1 Å². The number of benzene rings is 1. The first-order valence-corrected chi connectivity index (χ1v) is 10.4. The number of halogens is 1. The Kier molecular flexibility index (Phi) is 5.41. The second kappa shape index (κ2) is 7.82. The Morgan fingerprint density at radius 3 is 2.57 bits per heavy atom. The second-order valence-corrected chi connectivity index (χ2v) is 8.64. The molecule has 1 N–H and O–H groups in total. The van der Waals surface area contributed by atoms with Gasteiger partial charge in [-0.25, -0.2) is 4.39 Å². The van der Waals surface area contributed by atoms with Crippen LogP contribution in [0.5, 0.6) is 0 Å². The predicted octanol–water partition coefficient (Wildman–Crippen LogP) is 3.27. The van der Waals surface area contributed by atoms with Crippen molar-refractivity contribution in [1.29, 1.82) is 0 Å². The molecule has 1 aliphatic carbocycles. The summed E-state index contributed by atoms with van der Waals surface area (Å²) in [4.78, 5) is 26.7. The van der Waals surface area contributed by atoms with Crippen LogP contribution in [-0.2, 0) is 20.7 Å². The van der Waals surface area contributed by atoms with Crippen molar-refractivity contribution in [3.63, 3.8) is 0 Å². The van der Waals surface area contributed by atoms with Crippen LogP contribution in [-0.4, -0.2) is 47.7 Å². The van der Waals surface area contributed by atoms with Crippen LogP contribution in [0.15, 0.2) is 24.3 Å². The minimum atomic E-state index is -0.774. The zero-order valence-electron chi connectivity index (χ0n) is 16.1. The lowest BCUT2D eigenvalue weighted by Gasteiger charge is -2.46. The standard InChI is InChI=1S/C22H28FNO4/c23-17-4-1-3-15(13-17)14-22(8-2-9-22)21(27)24-10-5-16(6-11-24)19-18(20(25)26)7-12-28-19/h1,3-4,13,16,18-19H,2,5-12,14H2,(H,25,26)/t18?,19-/m0/s1. The van der Waals surface area contributed by atoms with E-state index in [1.54, 1.807) is 6.07 Å². The number of piperidine rings is 1. The fourth-order valence-electron chi connectivity index (χ4n) is 5.21. The molecule has 1 amide bonds. The van der Waals surface area contributed by atoms with Crippen LogP contribution in [0.2, 0.25) is 0 Å². The molecule has 28 heavy (non-hydrogen) atoms. The van der Waals surface area contributed by atoms with E-state index < -0.39 is 17.3 Å². The smallest absolute Gasteiger partial charge is 0.309 e. The minimum Gasteiger partial charge on any atom is -0.481 e. The number of hydrogen-bond donors (Lipinski definition) is 1. The van der Waals surface area contributed by atoms with Gasteiger partial charge in [0.15, 0.2) is 0 Å². The lowest BCUT2D eigenvalue weighted by atomic mass is 9.64. The van der Waals surface area contributed by atoms with Crippen molar-refractivity contribution in [3.8, 4) is 0 Å². The van der Waals surface area contributed by atoms with Gasteiger partial charge in [0.1, 0.15) is 5.82 Å². The fourth-order valence-corrected chi connectivity index (χ4v) is 5.21. The van der Waals surface area contributed by atoms with Crippen LogP contribution in [0.1, 0.15) is 44.1 Å². The van der Waals surface area contributed by atoms with E-state index in [1.807, 2.05) is 11.0 Å². The Hall–Kier alpha value is -1.95. The SMILES string of the molecule is O=C(O)C1CCO[C@H]1C1CCN(C(=O)C2(Cc3cccc(F)c3)CCC2)CC1. The van der Waals surface area contributed by atoms with Crippen molar-refractivity contribution in [2.75, 3.05) is 19.7 Å². The lowest BCUT2D eigenvalue weighted by molar-refractivity contribution is -0.151. The van der Waals surface area contributed by atoms with Gasteiger partial charge in [-0.3, -0.25) is 9.59 Å². The van der Waals surface area contributed by atoms with Gasteiger partial charge >= 0.3 is 5.97 Å². The molecule has 2 atom stereocenters. The molecule has 1 aromatic carbocycles. The van der Waals surface area contributed by atoms with Gasteiger partial charge in [-0.05, 0) is 62.1 Å². The van der Waals surface area contributed by atoms with E-state index in [0.29, 0.717) is 32.5 Å². The van der Waals surface area contributed by atoms with Gasteiger partial charge < -0.3 is 14.7 Å². The zero-order chi connectivity index (χ0) is 19.7. The highest BCUT2D eigenvalue weighted by atomic mass is 19.1. The first-order chi connectivity index (χ1) is 13.5. The Labute approximate surface area is 164 Å². The van der Waals surface area contributed by atoms with E-state index in [1.165, 1.54) is 12.1 Å². The van der Waals surface area contributed by atoms with E-state index >= 15 is 0 Å². The largest absolute Gasteiger partial charge is 0.481 e. The molecule has 3 aliphatic rings. The van der Waals surface area contributed by atoms with Crippen molar-refractivity contribution in [2.45, 2.75) is 51.0 Å². The molecule has 3 fully saturated rings. The molecule has 0 aromatic heterocycles. The number of aliphatic carboxylic acids is 1. The molecule has 0 radical (unpaired) electrons. The van der Waals surface area contributed by atoms with Crippen molar-refractivity contribution >= 4 is 11.9 Å². The predicted molar refractivity (Wildman–Crippen MR) is 101 cm³/mol. The maximum atomic E-state index is 13.6. The number of carbonyl (C=O) groups excluding carboxylic acids is 1. The summed E-state index contributed by atoms with van der Waals surface area (Å²) in [6, 6.07) is 6.56. The first kappa shape index (κ1) is 19.4. The molecule has 1 aromatic rings. The molecule has 2 heterocycles. The monoisotopic (exact) mass is 389 g/mol. The second-order valence-electron chi connectivity index (χ2n) is 8.64. The zero-order valence-corrected chi connectivity index (χ0v) is 16.1. The van der Waals surface area contributed by atoms with E-state index in [-0.39, 0.29) is 23.7 Å². The maximum absolute atomic E-state index is 13.6. The Morgan fingerprint density at radius 1 is 1.21 bits per heavy atom. The summed E-state index contributed by atoms with van der Waals surface area (Å²) in [5.74, 6) is -1.07. The van der Waals surface area contributed by atoms with Crippen LogP contribution in [0.3, 0.4) is 0 Å². The van der Waals surface area contributed by atoms with Gasteiger partial charge in [-0.2, -0.15) is 0 Å². The molecule has 2 saturated heterocycles. The summed E-state index contributed by atoms with van der Waals surface area (Å²) >= 11 is 0. The van der Waals surface area contributed by atoms with Crippen LogP contribution < -0.4 is 0 Å². The fraction of sp³-hybridized carbons (Fsp3) is 0.636. The molecule has 6 heteroatoms. The van der Waals surface area contributed by atoms with E-state index in [0.717, 1.165) is 37.7 Å². The quantitative estimate of drug-likeness (QED) is 0.839. The molecule has 4 rings (SSSR count). The topological polar surface area (TPSA) is 66.8 Å². The number of carbonyl (C=O) groups is 2. The van der Waals surface area contributed by atoms with Crippen LogP contribution in [0.4, 0.5) is 4.39 Å². The van der Waals surface area contributed by atoms with Gasteiger partial charge in [0.25, 0.3) is 0 Å². The number of nitrogens with zero attached hydrogens (tertiary/aromatic N) is 1. The molecule has 2 aliphatic heterocycles. The third-order valence-corrected chi connectivity index (χ3v) is 6.94. The highest BCUT2D eigenvalue weighted by Gasteiger charge is 2.47. The highest BCUT2D eigenvalue weighted by molar-refractivity contribution is 5.84. The molecule has 0 bridgehead atoms. The summed E-state index contributed by atoms with van der Waals surface area (Å²) in [6.45, 7) is 1.82. The lowest BCUT2D eigenvalue weighted by Crippen LogP contribution is -2.52.